The first-order valence-corrected chi connectivity index (χ1v) is 10.8. The fraction of sp³-hybridized carbons (Fsp3) is 0.130. The number of rotatable bonds is 7. The minimum absolute atomic E-state index is 0.0576. The van der Waals surface area contributed by atoms with Crippen LogP contribution in [0, 0.1) is 0 Å². The lowest BCUT2D eigenvalue weighted by molar-refractivity contribution is -0.116. The smallest absolute Gasteiger partial charge is 0.237 e. The van der Waals surface area contributed by atoms with Gasteiger partial charge in [-0.2, -0.15) is 0 Å². The molecule has 0 aliphatic heterocycles. The van der Waals surface area contributed by atoms with Crippen molar-refractivity contribution in [1.29, 1.82) is 0 Å². The molecule has 2 N–H and O–H groups in total. The third-order valence-corrected chi connectivity index (χ3v) is 5.96. The molecular formula is C23H21BrN2O2S. The second-order valence-corrected chi connectivity index (χ2v) is 8.73. The van der Waals surface area contributed by atoms with Crippen molar-refractivity contribution in [2.75, 3.05) is 10.6 Å². The van der Waals surface area contributed by atoms with Gasteiger partial charge in [0.1, 0.15) is 0 Å². The Labute approximate surface area is 183 Å². The van der Waals surface area contributed by atoms with Crippen LogP contribution in [0.1, 0.15) is 12.5 Å². The second kappa shape index (κ2) is 10.3. The van der Waals surface area contributed by atoms with Gasteiger partial charge in [0.2, 0.25) is 11.8 Å². The summed E-state index contributed by atoms with van der Waals surface area (Å²) < 4.78 is 0.848. The van der Waals surface area contributed by atoms with Crippen LogP contribution in [-0.2, 0) is 16.0 Å². The van der Waals surface area contributed by atoms with Crippen molar-refractivity contribution in [2.45, 2.75) is 23.5 Å². The van der Waals surface area contributed by atoms with Crippen LogP contribution >= 0.6 is 27.7 Å². The highest BCUT2D eigenvalue weighted by atomic mass is 79.9. The molecule has 0 aliphatic rings. The zero-order valence-electron chi connectivity index (χ0n) is 15.9. The zero-order chi connectivity index (χ0) is 20.6. The molecule has 0 saturated heterocycles. The number of halogens is 1. The molecule has 0 aliphatic carbocycles. The van der Waals surface area contributed by atoms with Gasteiger partial charge in [-0.3, -0.25) is 9.59 Å². The van der Waals surface area contributed by atoms with Gasteiger partial charge >= 0.3 is 0 Å². The first kappa shape index (κ1) is 21.1. The number of nitrogens with one attached hydrogen (secondary N) is 2. The van der Waals surface area contributed by atoms with Gasteiger partial charge in [-0.15, -0.1) is 11.8 Å². The molecule has 3 aromatic rings. The first-order valence-electron chi connectivity index (χ1n) is 9.17. The normalized spacial score (nSPS) is 11.5. The third-order valence-electron chi connectivity index (χ3n) is 4.16. The number of carbonyl (C=O) groups is 2. The quantitative estimate of drug-likeness (QED) is 0.434. The molecule has 29 heavy (non-hydrogen) atoms. The number of anilines is 2. The van der Waals surface area contributed by atoms with E-state index in [0.717, 1.165) is 26.3 Å². The van der Waals surface area contributed by atoms with Crippen LogP contribution in [0.25, 0.3) is 0 Å². The number of thioether (sulfide) groups is 1. The number of amides is 2. The molecule has 6 heteroatoms. The van der Waals surface area contributed by atoms with Gasteiger partial charge in [0, 0.05) is 15.1 Å². The van der Waals surface area contributed by atoms with Crippen LogP contribution < -0.4 is 10.6 Å². The van der Waals surface area contributed by atoms with Gasteiger partial charge in [-0.1, -0.05) is 42.5 Å². The zero-order valence-corrected chi connectivity index (χ0v) is 18.3. The summed E-state index contributed by atoms with van der Waals surface area (Å²) >= 11 is 4.90. The molecule has 2 amide bonds. The molecule has 0 heterocycles. The first-order chi connectivity index (χ1) is 14.0. The van der Waals surface area contributed by atoms with Gasteiger partial charge in [0.25, 0.3) is 0 Å². The van der Waals surface area contributed by atoms with E-state index in [1.165, 1.54) is 11.8 Å². The summed E-state index contributed by atoms with van der Waals surface area (Å²) in [6.07, 6.45) is 0.337. The maximum atomic E-state index is 12.4. The van der Waals surface area contributed by atoms with Crippen LogP contribution in [0.15, 0.2) is 88.2 Å². The van der Waals surface area contributed by atoms with E-state index >= 15 is 0 Å². The maximum Gasteiger partial charge on any atom is 0.237 e. The number of carbonyl (C=O) groups excluding carboxylic acids is 2. The Morgan fingerprint density at radius 3 is 2.24 bits per heavy atom. The number of hydrogen-bond donors (Lipinski definition) is 2. The van der Waals surface area contributed by atoms with E-state index in [9.17, 15) is 9.59 Å². The van der Waals surface area contributed by atoms with Crippen LogP contribution in [0.5, 0.6) is 0 Å². The van der Waals surface area contributed by atoms with Gasteiger partial charge < -0.3 is 10.6 Å². The van der Waals surface area contributed by atoms with E-state index in [0.29, 0.717) is 6.42 Å². The maximum absolute atomic E-state index is 12.4. The van der Waals surface area contributed by atoms with Crippen molar-refractivity contribution in [3.8, 4) is 0 Å². The van der Waals surface area contributed by atoms with Crippen LogP contribution in [0.4, 0.5) is 11.4 Å². The highest BCUT2D eigenvalue weighted by molar-refractivity contribution is 9.10. The number of hydrogen-bond acceptors (Lipinski definition) is 3. The van der Waals surface area contributed by atoms with Crippen molar-refractivity contribution in [1.82, 2.24) is 0 Å². The molecule has 4 nitrogen and oxygen atoms in total. The average Bonchev–Trinajstić information content (AvgIpc) is 2.72. The molecule has 148 valence electrons. The Balaban J connectivity index is 1.52. The Hall–Kier alpha value is -2.57. The van der Waals surface area contributed by atoms with E-state index in [1.54, 1.807) is 0 Å². The lowest BCUT2D eigenvalue weighted by atomic mass is 10.1. The molecule has 1 atom stereocenters. The van der Waals surface area contributed by atoms with E-state index < -0.39 is 0 Å². The van der Waals surface area contributed by atoms with Gasteiger partial charge in [-0.25, -0.2) is 0 Å². The molecule has 3 rings (SSSR count). The summed E-state index contributed by atoms with van der Waals surface area (Å²) in [5.41, 5.74) is 2.46. The Bertz CT molecular complexity index is 978. The van der Waals surface area contributed by atoms with Gasteiger partial charge in [0.05, 0.1) is 17.4 Å². The van der Waals surface area contributed by atoms with Crippen LogP contribution in [-0.4, -0.2) is 17.1 Å². The fourth-order valence-corrected chi connectivity index (χ4v) is 3.91. The molecule has 0 radical (unpaired) electrons. The van der Waals surface area contributed by atoms with Crippen LogP contribution in [0.3, 0.4) is 0 Å². The minimum atomic E-state index is -0.263. The van der Waals surface area contributed by atoms with Gasteiger partial charge in [-0.05, 0) is 64.8 Å². The predicted molar refractivity (Wildman–Crippen MR) is 123 cm³/mol. The summed E-state index contributed by atoms with van der Waals surface area (Å²) in [6, 6.07) is 24.7. The molecular weight excluding hydrogens is 448 g/mol. The predicted octanol–water partition coefficient (Wildman–Crippen LogP) is 5.75. The van der Waals surface area contributed by atoms with E-state index in [1.807, 2.05) is 85.8 Å². The molecule has 1 unspecified atom stereocenters. The molecule has 0 fully saturated rings. The standard InChI is InChI=1S/C23H21BrN2O2S/c1-16(23(28)26-21-10-6-5-9-20(21)24)29-19-13-11-18(12-14-19)25-22(27)15-17-7-3-2-4-8-17/h2-14,16H,15H2,1H3,(H,25,27)(H,26,28). The minimum Gasteiger partial charge on any atom is -0.326 e. The van der Waals surface area contributed by atoms with Crippen molar-refractivity contribution in [3.63, 3.8) is 0 Å². The Morgan fingerprint density at radius 2 is 1.55 bits per heavy atom. The Morgan fingerprint density at radius 1 is 0.897 bits per heavy atom. The van der Waals surface area contributed by atoms with E-state index in [2.05, 4.69) is 26.6 Å². The number of para-hydroxylation sites is 1. The lowest BCUT2D eigenvalue weighted by Crippen LogP contribution is -2.22. The largest absolute Gasteiger partial charge is 0.326 e. The SMILES string of the molecule is CC(Sc1ccc(NC(=O)Cc2ccccc2)cc1)C(=O)Nc1ccccc1Br. The van der Waals surface area contributed by atoms with Crippen molar-refractivity contribution < 1.29 is 9.59 Å². The average molecular weight is 469 g/mol. The highest BCUT2D eigenvalue weighted by Gasteiger charge is 2.15. The van der Waals surface area contributed by atoms with Crippen molar-refractivity contribution in [3.05, 3.63) is 88.9 Å². The lowest BCUT2D eigenvalue weighted by Gasteiger charge is -2.13. The number of benzene rings is 3. The summed E-state index contributed by atoms with van der Waals surface area (Å²) in [5.74, 6) is -0.125. The van der Waals surface area contributed by atoms with Crippen molar-refractivity contribution in [2.24, 2.45) is 0 Å². The molecule has 0 bridgehead atoms. The van der Waals surface area contributed by atoms with E-state index in [4.69, 9.17) is 0 Å². The molecule has 0 spiro atoms. The topological polar surface area (TPSA) is 58.2 Å². The van der Waals surface area contributed by atoms with E-state index in [-0.39, 0.29) is 17.1 Å². The summed E-state index contributed by atoms with van der Waals surface area (Å²) in [6.45, 7) is 1.87. The summed E-state index contributed by atoms with van der Waals surface area (Å²) in [4.78, 5) is 25.6. The second-order valence-electron chi connectivity index (χ2n) is 6.46. The Kier molecular flexibility index (Phi) is 7.49. The third kappa shape index (κ3) is 6.48. The molecule has 0 aromatic heterocycles. The molecule has 0 saturated carbocycles. The monoisotopic (exact) mass is 468 g/mol. The highest BCUT2D eigenvalue weighted by Crippen LogP contribution is 2.27. The summed E-state index contributed by atoms with van der Waals surface area (Å²) in [7, 11) is 0. The van der Waals surface area contributed by atoms with Crippen LogP contribution in [0.2, 0.25) is 0 Å². The fourth-order valence-electron chi connectivity index (χ4n) is 2.66. The van der Waals surface area contributed by atoms with Gasteiger partial charge in [0.15, 0.2) is 0 Å². The molecule has 3 aromatic carbocycles. The summed E-state index contributed by atoms with van der Waals surface area (Å²) in [5, 5.41) is 5.56. The van der Waals surface area contributed by atoms with Crippen molar-refractivity contribution >= 4 is 50.9 Å².